The summed E-state index contributed by atoms with van der Waals surface area (Å²) in [6.07, 6.45) is 3.18. The molecule has 0 aliphatic heterocycles. The molecule has 0 radical (unpaired) electrons. The molecule has 1 saturated carbocycles. The minimum absolute atomic E-state index is 0.0106. The van der Waals surface area contributed by atoms with E-state index in [-0.39, 0.29) is 30.2 Å². The van der Waals surface area contributed by atoms with Gasteiger partial charge in [-0.2, -0.15) is 0 Å². The third-order valence-electron chi connectivity index (χ3n) is 4.91. The second kappa shape index (κ2) is 9.91. The van der Waals surface area contributed by atoms with E-state index in [2.05, 4.69) is 21.3 Å². The molecule has 158 valence electrons. The normalized spacial score (nSPS) is 12.7. The number of carbonyl (C=O) groups excluding carboxylic acids is 3. The van der Waals surface area contributed by atoms with E-state index in [0.717, 1.165) is 41.9 Å². The van der Waals surface area contributed by atoms with Crippen molar-refractivity contribution in [1.29, 1.82) is 0 Å². The molecule has 4 N–H and O–H groups in total. The molecule has 3 amide bonds. The van der Waals surface area contributed by atoms with E-state index in [4.69, 9.17) is 0 Å². The monoisotopic (exact) mass is 408 g/mol. The Morgan fingerprint density at radius 2 is 1.50 bits per heavy atom. The lowest BCUT2D eigenvalue weighted by Crippen LogP contribution is -2.22. The number of benzene rings is 2. The number of hydrogen-bond donors (Lipinski definition) is 4. The standard InChI is InChI=1S/C23H28N4O3/c1-3-5-21(28)25-18-12-10-17(11-13-18)24-14-22(29)26-19-6-4-7-20(15(19)2)27-23(30)16-8-9-16/h4,6-7,10-13,16,24H,3,5,8-9,14H2,1-2H3,(H,25,28)(H,26,29)(H,27,30). The van der Waals surface area contributed by atoms with E-state index in [9.17, 15) is 14.4 Å². The molecule has 30 heavy (non-hydrogen) atoms. The van der Waals surface area contributed by atoms with Gasteiger partial charge in [0.25, 0.3) is 0 Å². The molecule has 0 unspecified atom stereocenters. The fourth-order valence-electron chi connectivity index (χ4n) is 2.99. The van der Waals surface area contributed by atoms with Crippen molar-refractivity contribution in [2.24, 2.45) is 5.92 Å². The quantitative estimate of drug-likeness (QED) is 0.501. The Morgan fingerprint density at radius 1 is 0.867 bits per heavy atom. The predicted molar refractivity (Wildman–Crippen MR) is 120 cm³/mol. The Bertz CT molecular complexity index is 921. The van der Waals surface area contributed by atoms with Gasteiger partial charge in [0.15, 0.2) is 0 Å². The molecule has 7 heteroatoms. The van der Waals surface area contributed by atoms with Crippen LogP contribution in [0, 0.1) is 12.8 Å². The maximum atomic E-state index is 12.4. The van der Waals surface area contributed by atoms with Crippen LogP contribution in [0.4, 0.5) is 22.7 Å². The number of carbonyl (C=O) groups is 3. The first kappa shape index (κ1) is 21.4. The van der Waals surface area contributed by atoms with Gasteiger partial charge in [-0.1, -0.05) is 13.0 Å². The van der Waals surface area contributed by atoms with E-state index in [0.29, 0.717) is 12.1 Å². The van der Waals surface area contributed by atoms with E-state index in [1.54, 1.807) is 12.1 Å². The van der Waals surface area contributed by atoms with Gasteiger partial charge in [-0.25, -0.2) is 0 Å². The second-order valence-electron chi connectivity index (χ2n) is 7.52. The first-order valence-corrected chi connectivity index (χ1v) is 10.3. The van der Waals surface area contributed by atoms with E-state index in [1.807, 2.05) is 44.2 Å². The molecular weight excluding hydrogens is 380 g/mol. The molecule has 7 nitrogen and oxygen atoms in total. The van der Waals surface area contributed by atoms with Gasteiger partial charge < -0.3 is 21.3 Å². The summed E-state index contributed by atoms with van der Waals surface area (Å²) in [5, 5.41) is 11.7. The lowest BCUT2D eigenvalue weighted by Gasteiger charge is -2.14. The lowest BCUT2D eigenvalue weighted by atomic mass is 10.1. The average Bonchev–Trinajstić information content (AvgIpc) is 3.56. The zero-order valence-electron chi connectivity index (χ0n) is 17.4. The van der Waals surface area contributed by atoms with Crippen molar-refractivity contribution in [3.8, 4) is 0 Å². The topological polar surface area (TPSA) is 99.3 Å². The van der Waals surface area contributed by atoms with Crippen molar-refractivity contribution in [2.45, 2.75) is 39.5 Å². The molecule has 0 saturated heterocycles. The minimum Gasteiger partial charge on any atom is -0.376 e. The Morgan fingerprint density at radius 3 is 2.13 bits per heavy atom. The number of nitrogens with one attached hydrogen (secondary N) is 4. The van der Waals surface area contributed by atoms with Gasteiger partial charge >= 0.3 is 0 Å². The van der Waals surface area contributed by atoms with Gasteiger partial charge in [-0.15, -0.1) is 0 Å². The van der Waals surface area contributed by atoms with E-state index >= 15 is 0 Å². The van der Waals surface area contributed by atoms with Crippen molar-refractivity contribution in [1.82, 2.24) is 0 Å². The summed E-state index contributed by atoms with van der Waals surface area (Å²) in [6, 6.07) is 12.7. The molecule has 1 aliphatic rings. The van der Waals surface area contributed by atoms with E-state index in [1.165, 1.54) is 0 Å². The van der Waals surface area contributed by atoms with Crippen LogP contribution in [0.5, 0.6) is 0 Å². The Labute approximate surface area is 176 Å². The number of amides is 3. The van der Waals surface area contributed by atoms with Gasteiger partial charge in [-0.3, -0.25) is 14.4 Å². The van der Waals surface area contributed by atoms with Crippen LogP contribution in [-0.4, -0.2) is 24.3 Å². The fourth-order valence-corrected chi connectivity index (χ4v) is 2.99. The number of anilines is 4. The first-order chi connectivity index (χ1) is 14.5. The highest BCUT2D eigenvalue weighted by Gasteiger charge is 2.29. The molecule has 0 heterocycles. The van der Waals surface area contributed by atoms with E-state index < -0.39 is 0 Å². The third kappa shape index (κ3) is 6.07. The molecule has 2 aromatic rings. The molecule has 3 rings (SSSR count). The molecule has 1 aliphatic carbocycles. The molecule has 2 aromatic carbocycles. The summed E-state index contributed by atoms with van der Waals surface area (Å²) < 4.78 is 0. The highest BCUT2D eigenvalue weighted by molar-refractivity contribution is 5.98. The number of rotatable bonds is 9. The van der Waals surface area contributed by atoms with Gasteiger partial charge in [0.05, 0.1) is 6.54 Å². The summed E-state index contributed by atoms with van der Waals surface area (Å²) in [7, 11) is 0. The summed E-state index contributed by atoms with van der Waals surface area (Å²) in [6.45, 7) is 3.93. The van der Waals surface area contributed by atoms with Crippen LogP contribution in [0.15, 0.2) is 42.5 Å². The fraction of sp³-hybridized carbons (Fsp3) is 0.348. The Balaban J connectivity index is 1.51. The zero-order chi connectivity index (χ0) is 21.5. The van der Waals surface area contributed by atoms with Crippen molar-refractivity contribution < 1.29 is 14.4 Å². The zero-order valence-corrected chi connectivity index (χ0v) is 17.4. The van der Waals surface area contributed by atoms with Crippen molar-refractivity contribution in [3.63, 3.8) is 0 Å². The molecular formula is C23H28N4O3. The summed E-state index contributed by atoms with van der Waals surface area (Å²) in [5.74, 6) is -0.0385. The van der Waals surface area contributed by atoms with Crippen molar-refractivity contribution >= 4 is 40.5 Å². The summed E-state index contributed by atoms with van der Waals surface area (Å²) in [4.78, 5) is 36.0. The summed E-state index contributed by atoms with van der Waals surface area (Å²) >= 11 is 0. The molecule has 0 bridgehead atoms. The van der Waals surface area contributed by atoms with Gasteiger partial charge in [-0.05, 0) is 68.1 Å². The van der Waals surface area contributed by atoms with Crippen LogP contribution in [-0.2, 0) is 14.4 Å². The van der Waals surface area contributed by atoms with Crippen molar-refractivity contribution in [2.75, 3.05) is 27.8 Å². The first-order valence-electron chi connectivity index (χ1n) is 10.3. The van der Waals surface area contributed by atoms with Gasteiger partial charge in [0, 0.05) is 35.1 Å². The van der Waals surface area contributed by atoms with Crippen molar-refractivity contribution in [3.05, 3.63) is 48.0 Å². The van der Waals surface area contributed by atoms with Crippen LogP contribution in [0.1, 0.15) is 38.2 Å². The molecule has 0 atom stereocenters. The Kier molecular flexibility index (Phi) is 7.06. The van der Waals surface area contributed by atoms with Gasteiger partial charge in [0.1, 0.15) is 0 Å². The largest absolute Gasteiger partial charge is 0.376 e. The predicted octanol–water partition coefficient (Wildman–Crippen LogP) is 4.13. The average molecular weight is 409 g/mol. The lowest BCUT2D eigenvalue weighted by molar-refractivity contribution is -0.117. The highest BCUT2D eigenvalue weighted by Crippen LogP contribution is 2.31. The smallest absolute Gasteiger partial charge is 0.243 e. The third-order valence-corrected chi connectivity index (χ3v) is 4.91. The minimum atomic E-state index is -0.191. The SMILES string of the molecule is CCCC(=O)Nc1ccc(NCC(=O)Nc2cccc(NC(=O)C3CC3)c2C)cc1. The molecule has 1 fully saturated rings. The second-order valence-corrected chi connectivity index (χ2v) is 7.52. The van der Waals surface area contributed by atoms with Crippen LogP contribution < -0.4 is 21.3 Å². The summed E-state index contributed by atoms with van der Waals surface area (Å²) in [5.41, 5.74) is 3.72. The van der Waals surface area contributed by atoms with Crippen LogP contribution in [0.3, 0.4) is 0 Å². The van der Waals surface area contributed by atoms with Crippen LogP contribution in [0.25, 0.3) is 0 Å². The number of hydrogen-bond acceptors (Lipinski definition) is 4. The van der Waals surface area contributed by atoms with Crippen LogP contribution >= 0.6 is 0 Å². The molecule has 0 spiro atoms. The maximum absolute atomic E-state index is 12.4. The Hall–Kier alpha value is -3.35. The highest BCUT2D eigenvalue weighted by atomic mass is 16.2. The van der Waals surface area contributed by atoms with Crippen LogP contribution in [0.2, 0.25) is 0 Å². The maximum Gasteiger partial charge on any atom is 0.243 e. The van der Waals surface area contributed by atoms with Gasteiger partial charge in [0.2, 0.25) is 17.7 Å². The molecule has 0 aromatic heterocycles.